The minimum atomic E-state index is 0.202. The summed E-state index contributed by atoms with van der Waals surface area (Å²) < 4.78 is 6.69. The predicted molar refractivity (Wildman–Crippen MR) is 66.0 cm³/mol. The van der Waals surface area contributed by atoms with Gasteiger partial charge in [0.15, 0.2) is 22.6 Å². The zero-order valence-corrected chi connectivity index (χ0v) is 9.56. The van der Waals surface area contributed by atoms with Crippen molar-refractivity contribution in [2.45, 2.75) is 0 Å². The van der Waals surface area contributed by atoms with Crippen LogP contribution < -0.4 is 5.73 Å². The van der Waals surface area contributed by atoms with Gasteiger partial charge >= 0.3 is 0 Å². The first-order valence-electron chi connectivity index (χ1n) is 5.50. The largest absolute Gasteiger partial charge is 0.461 e. The van der Waals surface area contributed by atoms with E-state index in [4.69, 9.17) is 10.2 Å². The molecule has 4 aromatic heterocycles. The van der Waals surface area contributed by atoms with E-state index in [1.807, 2.05) is 0 Å². The van der Waals surface area contributed by atoms with Crippen molar-refractivity contribution in [3.63, 3.8) is 0 Å². The third-order valence-electron chi connectivity index (χ3n) is 2.68. The zero-order chi connectivity index (χ0) is 12.8. The summed E-state index contributed by atoms with van der Waals surface area (Å²) in [4.78, 5) is 16.8. The van der Waals surface area contributed by atoms with Crippen molar-refractivity contribution in [3.8, 4) is 11.6 Å². The molecule has 4 rings (SSSR count). The van der Waals surface area contributed by atoms with E-state index in [2.05, 4.69) is 25.0 Å². The lowest BCUT2D eigenvalue weighted by atomic mass is 10.4. The van der Waals surface area contributed by atoms with Crippen LogP contribution in [-0.2, 0) is 0 Å². The van der Waals surface area contributed by atoms with Gasteiger partial charge in [-0.1, -0.05) is 0 Å². The van der Waals surface area contributed by atoms with Gasteiger partial charge in [-0.2, -0.15) is 9.50 Å². The number of aromatic nitrogens is 6. The number of nitrogens with zero attached hydrogens (tertiary/aromatic N) is 6. The highest BCUT2D eigenvalue weighted by atomic mass is 16.3. The number of furan rings is 1. The summed E-state index contributed by atoms with van der Waals surface area (Å²) in [7, 11) is 0. The molecule has 0 fully saturated rings. The molecule has 4 aromatic rings. The molecule has 0 aliphatic carbocycles. The second-order valence-corrected chi connectivity index (χ2v) is 3.85. The number of hydrogen-bond donors (Lipinski definition) is 1. The molecule has 4 heterocycles. The molecule has 0 atom stereocenters. The molecule has 0 aliphatic rings. The molecule has 0 saturated carbocycles. The molecule has 8 heteroatoms. The third kappa shape index (κ3) is 1.36. The van der Waals surface area contributed by atoms with Gasteiger partial charge in [0.1, 0.15) is 0 Å². The van der Waals surface area contributed by atoms with Gasteiger partial charge in [-0.3, -0.25) is 0 Å². The molecule has 0 unspecified atom stereocenters. The average molecular weight is 253 g/mol. The van der Waals surface area contributed by atoms with Gasteiger partial charge in [-0.15, -0.1) is 5.10 Å². The van der Waals surface area contributed by atoms with E-state index in [1.165, 1.54) is 4.52 Å². The van der Waals surface area contributed by atoms with Crippen LogP contribution in [0.15, 0.2) is 35.2 Å². The lowest BCUT2D eigenvalue weighted by Crippen LogP contribution is -2.04. The Morgan fingerprint density at radius 3 is 2.89 bits per heavy atom. The highest BCUT2D eigenvalue weighted by Crippen LogP contribution is 2.20. The Bertz CT molecular complexity index is 881. The van der Waals surface area contributed by atoms with Crippen LogP contribution in [0.5, 0.6) is 0 Å². The second-order valence-electron chi connectivity index (χ2n) is 3.85. The quantitative estimate of drug-likeness (QED) is 0.537. The average Bonchev–Trinajstić information content (AvgIpc) is 3.08. The Kier molecular flexibility index (Phi) is 1.82. The fourth-order valence-electron chi connectivity index (χ4n) is 1.86. The molecule has 19 heavy (non-hydrogen) atoms. The monoisotopic (exact) mass is 253 g/mol. The predicted octanol–water partition coefficient (Wildman–Crippen LogP) is 0.910. The van der Waals surface area contributed by atoms with Crippen LogP contribution in [0.3, 0.4) is 0 Å². The topological polar surface area (TPSA) is 108 Å². The van der Waals surface area contributed by atoms with Gasteiger partial charge in [-0.05, 0) is 12.1 Å². The van der Waals surface area contributed by atoms with Crippen molar-refractivity contribution in [1.29, 1.82) is 0 Å². The van der Waals surface area contributed by atoms with Gasteiger partial charge in [0, 0.05) is 12.4 Å². The summed E-state index contributed by atoms with van der Waals surface area (Å²) >= 11 is 0. The van der Waals surface area contributed by atoms with Gasteiger partial charge in [0.25, 0.3) is 0 Å². The van der Waals surface area contributed by atoms with E-state index < -0.39 is 0 Å². The van der Waals surface area contributed by atoms with E-state index in [0.717, 1.165) is 0 Å². The first-order chi connectivity index (χ1) is 9.33. The molecule has 0 amide bonds. The molecule has 8 nitrogen and oxygen atoms in total. The summed E-state index contributed by atoms with van der Waals surface area (Å²) in [5, 5.41) is 4.26. The Morgan fingerprint density at radius 2 is 2.05 bits per heavy atom. The van der Waals surface area contributed by atoms with E-state index in [-0.39, 0.29) is 5.95 Å². The Hall–Kier alpha value is -3.03. The maximum atomic E-state index is 5.84. The van der Waals surface area contributed by atoms with Crippen LogP contribution in [0.4, 0.5) is 5.95 Å². The van der Waals surface area contributed by atoms with Crippen LogP contribution in [0.25, 0.3) is 28.4 Å². The molecule has 0 saturated heterocycles. The van der Waals surface area contributed by atoms with Crippen LogP contribution in [0, 0.1) is 0 Å². The maximum Gasteiger partial charge on any atom is 0.225 e. The van der Waals surface area contributed by atoms with Crippen LogP contribution in [-0.4, -0.2) is 29.5 Å². The standard InChI is InChI=1S/C11H7N7O/c12-11-16-9-7(13-3-4-14-9)10-15-8(17-18(10)11)6-2-1-5-19-6/h1-5H,(H2,12,14,16). The van der Waals surface area contributed by atoms with Gasteiger partial charge < -0.3 is 10.2 Å². The van der Waals surface area contributed by atoms with Crippen LogP contribution in [0.1, 0.15) is 0 Å². The van der Waals surface area contributed by atoms with Crippen molar-refractivity contribution in [2.24, 2.45) is 0 Å². The lowest BCUT2D eigenvalue weighted by Gasteiger charge is -1.99. The highest BCUT2D eigenvalue weighted by Gasteiger charge is 2.15. The number of fused-ring (bicyclic) bond motifs is 3. The Balaban J connectivity index is 2.12. The maximum absolute atomic E-state index is 5.84. The number of nitrogen functional groups attached to an aromatic ring is 1. The first kappa shape index (κ1) is 9.95. The third-order valence-corrected chi connectivity index (χ3v) is 2.68. The second kappa shape index (κ2) is 3.48. The molecule has 0 aliphatic heterocycles. The number of nitrogens with two attached hydrogens (primary N) is 1. The molecular weight excluding hydrogens is 246 g/mol. The van der Waals surface area contributed by atoms with Gasteiger partial charge in [0.05, 0.1) is 6.26 Å². The van der Waals surface area contributed by atoms with Crippen LogP contribution in [0.2, 0.25) is 0 Å². The van der Waals surface area contributed by atoms with E-state index >= 15 is 0 Å². The molecule has 92 valence electrons. The van der Waals surface area contributed by atoms with E-state index in [9.17, 15) is 0 Å². The van der Waals surface area contributed by atoms with Crippen molar-refractivity contribution < 1.29 is 4.42 Å². The summed E-state index contributed by atoms with van der Waals surface area (Å²) in [6, 6.07) is 3.53. The van der Waals surface area contributed by atoms with Crippen molar-refractivity contribution >= 4 is 22.8 Å². The van der Waals surface area contributed by atoms with Gasteiger partial charge in [-0.25, -0.2) is 15.0 Å². The van der Waals surface area contributed by atoms with Crippen molar-refractivity contribution in [3.05, 3.63) is 30.8 Å². The summed E-state index contributed by atoms with van der Waals surface area (Å²) in [6.45, 7) is 0. The minimum absolute atomic E-state index is 0.202. The summed E-state index contributed by atoms with van der Waals surface area (Å²) in [5.41, 5.74) is 7.32. The van der Waals surface area contributed by atoms with E-state index in [1.54, 1.807) is 30.8 Å². The van der Waals surface area contributed by atoms with Crippen molar-refractivity contribution in [2.75, 3.05) is 5.73 Å². The first-order valence-corrected chi connectivity index (χ1v) is 5.50. The zero-order valence-electron chi connectivity index (χ0n) is 9.56. The molecule has 0 aromatic carbocycles. The van der Waals surface area contributed by atoms with Gasteiger partial charge in [0.2, 0.25) is 11.8 Å². The fourth-order valence-corrected chi connectivity index (χ4v) is 1.86. The normalized spacial score (nSPS) is 11.4. The minimum Gasteiger partial charge on any atom is -0.461 e. The molecule has 0 bridgehead atoms. The highest BCUT2D eigenvalue weighted by molar-refractivity contribution is 5.86. The molecule has 0 spiro atoms. The Morgan fingerprint density at radius 1 is 1.16 bits per heavy atom. The fraction of sp³-hybridized carbons (Fsp3) is 0. The lowest BCUT2D eigenvalue weighted by molar-refractivity contribution is 0.577. The smallest absolute Gasteiger partial charge is 0.225 e. The molecule has 0 radical (unpaired) electrons. The number of anilines is 1. The van der Waals surface area contributed by atoms with Crippen molar-refractivity contribution in [1.82, 2.24) is 29.5 Å². The van der Waals surface area contributed by atoms with E-state index in [0.29, 0.717) is 28.4 Å². The Labute approximate surface area is 105 Å². The number of rotatable bonds is 1. The summed E-state index contributed by atoms with van der Waals surface area (Å²) in [5.74, 6) is 1.19. The summed E-state index contributed by atoms with van der Waals surface area (Å²) in [6.07, 6.45) is 4.68. The molecule has 2 N–H and O–H groups in total. The van der Waals surface area contributed by atoms with Crippen LogP contribution >= 0.6 is 0 Å². The SMILES string of the molecule is Nc1nc2nccnc2c2nc(-c3ccco3)nn12. The molecular formula is C11H7N7O. The number of hydrogen-bond acceptors (Lipinski definition) is 7.